The fourth-order valence-corrected chi connectivity index (χ4v) is 6.29. The first-order valence-corrected chi connectivity index (χ1v) is 13.2. The summed E-state index contributed by atoms with van der Waals surface area (Å²) in [5.74, 6) is 1.30. The number of rotatable bonds is 6. The molecule has 186 valence electrons. The van der Waals surface area contributed by atoms with Crippen LogP contribution in [0.15, 0.2) is 70.0 Å². The molecule has 5 rings (SSSR count). The molecule has 0 radical (unpaired) electrons. The van der Waals surface area contributed by atoms with Crippen molar-refractivity contribution in [1.29, 1.82) is 0 Å². The van der Waals surface area contributed by atoms with Gasteiger partial charge < -0.3 is 14.6 Å². The molecule has 2 aromatic carbocycles. The highest BCUT2D eigenvalue weighted by atomic mass is 35.5. The number of carbonyl (C=O) groups is 1. The highest BCUT2D eigenvalue weighted by molar-refractivity contribution is 8.05. The molecular weight excluding hydrogens is 498 g/mol. The number of hydrogen-bond donors (Lipinski definition) is 1. The molecule has 7 nitrogen and oxygen atoms in total. The molecule has 3 aromatic rings. The standard InChI is InChI=1S/C27H26ClN3O4S/c1-17-7-5-6-10-23(17)30-26(32)25(36-27(30)29-18-8-3-2-4-9-18)16-20-12-14-24(35-20)21-15-19(31(33)34)11-13-22(21)28/h2-4,8-9,11-17,23,27,29H,5-7,10H2,1H3/b25-16-/t17-,23+,27?/m1/s1. The van der Waals surface area contributed by atoms with E-state index in [4.69, 9.17) is 16.0 Å². The number of nitrogens with one attached hydrogen (secondary N) is 1. The van der Waals surface area contributed by atoms with E-state index in [1.54, 1.807) is 18.2 Å². The smallest absolute Gasteiger partial charge is 0.270 e. The second-order valence-corrected chi connectivity index (χ2v) is 10.7. The Morgan fingerprint density at radius 3 is 2.67 bits per heavy atom. The lowest BCUT2D eigenvalue weighted by atomic mass is 9.85. The number of hydrogen-bond acceptors (Lipinski definition) is 6. The summed E-state index contributed by atoms with van der Waals surface area (Å²) in [7, 11) is 0. The minimum Gasteiger partial charge on any atom is -0.457 e. The summed E-state index contributed by atoms with van der Waals surface area (Å²) in [6.07, 6.45) is 6.16. The van der Waals surface area contributed by atoms with Crippen molar-refractivity contribution in [3.05, 3.63) is 86.5 Å². The number of carbonyl (C=O) groups excluding carboxylic acids is 1. The normalized spacial score (nSPS) is 23.3. The third-order valence-corrected chi connectivity index (χ3v) is 8.19. The predicted molar refractivity (Wildman–Crippen MR) is 143 cm³/mol. The topological polar surface area (TPSA) is 88.6 Å². The number of benzene rings is 2. The van der Waals surface area contributed by atoms with Gasteiger partial charge in [-0.2, -0.15) is 0 Å². The fraction of sp³-hybridized carbons (Fsp3) is 0.296. The zero-order valence-corrected chi connectivity index (χ0v) is 21.3. The number of para-hydroxylation sites is 1. The van der Waals surface area contributed by atoms with E-state index in [9.17, 15) is 14.9 Å². The summed E-state index contributed by atoms with van der Waals surface area (Å²) in [5, 5.41) is 15.1. The Bertz CT molecular complexity index is 1310. The molecule has 1 aliphatic carbocycles. The molecule has 3 atom stereocenters. The van der Waals surface area contributed by atoms with E-state index in [2.05, 4.69) is 12.2 Å². The van der Waals surface area contributed by atoms with Crippen LogP contribution in [-0.2, 0) is 4.79 Å². The van der Waals surface area contributed by atoms with Crippen LogP contribution in [0.3, 0.4) is 0 Å². The van der Waals surface area contributed by atoms with Crippen LogP contribution in [-0.4, -0.2) is 27.3 Å². The van der Waals surface area contributed by atoms with Crippen LogP contribution < -0.4 is 5.32 Å². The van der Waals surface area contributed by atoms with Gasteiger partial charge in [0.25, 0.3) is 11.6 Å². The van der Waals surface area contributed by atoms with Crippen molar-refractivity contribution < 1.29 is 14.1 Å². The average molecular weight is 524 g/mol. The van der Waals surface area contributed by atoms with Crippen molar-refractivity contribution in [2.24, 2.45) is 5.92 Å². The Morgan fingerprint density at radius 1 is 1.14 bits per heavy atom. The van der Waals surface area contributed by atoms with E-state index >= 15 is 0 Å². The monoisotopic (exact) mass is 523 g/mol. The quantitative estimate of drug-likeness (QED) is 0.206. The number of non-ortho nitro benzene ring substituents is 1. The number of furan rings is 1. The molecule has 9 heteroatoms. The summed E-state index contributed by atoms with van der Waals surface area (Å²) in [5.41, 5.74) is 1.09. The van der Waals surface area contributed by atoms with Gasteiger partial charge in [0, 0.05) is 35.5 Å². The summed E-state index contributed by atoms with van der Waals surface area (Å²) in [6.45, 7) is 2.23. The van der Waals surface area contributed by atoms with Crippen LogP contribution in [0.1, 0.15) is 38.4 Å². The summed E-state index contributed by atoms with van der Waals surface area (Å²) in [4.78, 5) is 27.0. The van der Waals surface area contributed by atoms with Gasteiger partial charge in [0.1, 0.15) is 11.5 Å². The Hall–Kier alpha value is -3.23. The molecule has 1 amide bonds. The van der Waals surface area contributed by atoms with Gasteiger partial charge in [-0.15, -0.1) is 0 Å². The predicted octanol–water partition coefficient (Wildman–Crippen LogP) is 7.40. The Kier molecular flexibility index (Phi) is 7.07. The van der Waals surface area contributed by atoms with Gasteiger partial charge in [-0.05, 0) is 49.1 Å². The molecule has 1 unspecified atom stereocenters. The largest absolute Gasteiger partial charge is 0.457 e. The number of nitrogens with zero attached hydrogens (tertiary/aromatic N) is 2. The van der Waals surface area contributed by atoms with Crippen molar-refractivity contribution in [3.63, 3.8) is 0 Å². The zero-order chi connectivity index (χ0) is 25.2. The van der Waals surface area contributed by atoms with Gasteiger partial charge in [0.15, 0.2) is 5.50 Å². The number of thioether (sulfide) groups is 1. The van der Waals surface area contributed by atoms with Crippen molar-refractivity contribution in [2.45, 2.75) is 44.1 Å². The maximum atomic E-state index is 13.7. The summed E-state index contributed by atoms with van der Waals surface area (Å²) in [6, 6.07) is 17.7. The van der Waals surface area contributed by atoms with Gasteiger partial charge in [0.05, 0.1) is 14.9 Å². The molecule has 2 fully saturated rings. The molecule has 2 heterocycles. The Balaban J connectivity index is 1.44. The van der Waals surface area contributed by atoms with Crippen LogP contribution in [0.5, 0.6) is 0 Å². The minimum absolute atomic E-state index is 0.0153. The molecule has 1 N–H and O–H groups in total. The van der Waals surface area contributed by atoms with E-state index in [0.717, 1.165) is 24.9 Å². The molecule has 36 heavy (non-hydrogen) atoms. The molecule has 1 saturated heterocycles. The number of nitro benzene ring substituents is 1. The highest BCUT2D eigenvalue weighted by Crippen LogP contribution is 2.42. The first kappa shape index (κ1) is 24.5. The lowest BCUT2D eigenvalue weighted by Gasteiger charge is -2.39. The fourth-order valence-electron chi connectivity index (χ4n) is 4.89. The summed E-state index contributed by atoms with van der Waals surface area (Å²) >= 11 is 7.76. The van der Waals surface area contributed by atoms with E-state index in [-0.39, 0.29) is 23.1 Å². The average Bonchev–Trinajstić information content (AvgIpc) is 3.45. The zero-order valence-electron chi connectivity index (χ0n) is 19.7. The summed E-state index contributed by atoms with van der Waals surface area (Å²) < 4.78 is 5.96. The van der Waals surface area contributed by atoms with Gasteiger partial charge in [-0.3, -0.25) is 14.9 Å². The van der Waals surface area contributed by atoms with Crippen LogP contribution >= 0.6 is 23.4 Å². The second-order valence-electron chi connectivity index (χ2n) is 9.15. The third kappa shape index (κ3) is 5.01. The molecule has 2 aliphatic rings. The molecule has 0 bridgehead atoms. The lowest BCUT2D eigenvalue weighted by molar-refractivity contribution is -0.384. The number of nitro groups is 1. The Morgan fingerprint density at radius 2 is 1.92 bits per heavy atom. The van der Waals surface area contributed by atoms with Crippen molar-refractivity contribution in [1.82, 2.24) is 4.90 Å². The van der Waals surface area contributed by atoms with Crippen LogP contribution in [0.4, 0.5) is 11.4 Å². The maximum absolute atomic E-state index is 13.7. The van der Waals surface area contributed by atoms with E-state index in [1.807, 2.05) is 35.2 Å². The number of amides is 1. The van der Waals surface area contributed by atoms with Crippen molar-refractivity contribution in [2.75, 3.05) is 5.32 Å². The SMILES string of the molecule is C[C@@H]1CCCC[C@@H]1N1C(=O)/C(=C/c2ccc(-c3cc([N+](=O)[O-])ccc3Cl)o2)SC1Nc1ccccc1. The van der Waals surface area contributed by atoms with E-state index in [1.165, 1.54) is 36.4 Å². The first-order valence-electron chi connectivity index (χ1n) is 12.0. The van der Waals surface area contributed by atoms with E-state index in [0.29, 0.717) is 32.9 Å². The van der Waals surface area contributed by atoms with Gasteiger partial charge in [-0.25, -0.2) is 0 Å². The Labute approximate surface area is 218 Å². The van der Waals surface area contributed by atoms with Gasteiger partial charge in [0.2, 0.25) is 0 Å². The number of halogens is 1. The van der Waals surface area contributed by atoms with Crippen LogP contribution in [0, 0.1) is 16.0 Å². The maximum Gasteiger partial charge on any atom is 0.270 e. The molecular formula is C27H26ClN3O4S. The minimum atomic E-state index is -0.472. The van der Waals surface area contributed by atoms with Gasteiger partial charge in [-0.1, -0.05) is 61.3 Å². The molecule has 0 spiro atoms. The first-order chi connectivity index (χ1) is 17.4. The molecule has 1 saturated carbocycles. The van der Waals surface area contributed by atoms with E-state index < -0.39 is 4.92 Å². The van der Waals surface area contributed by atoms with Crippen molar-refractivity contribution in [3.8, 4) is 11.3 Å². The van der Waals surface area contributed by atoms with Crippen LogP contribution in [0.25, 0.3) is 17.4 Å². The lowest BCUT2D eigenvalue weighted by Crippen LogP contribution is -2.48. The number of anilines is 1. The molecule has 1 aromatic heterocycles. The van der Waals surface area contributed by atoms with Crippen molar-refractivity contribution >= 4 is 46.7 Å². The second kappa shape index (κ2) is 10.4. The van der Waals surface area contributed by atoms with Crippen LogP contribution in [0.2, 0.25) is 5.02 Å². The molecule has 1 aliphatic heterocycles. The van der Waals surface area contributed by atoms with Gasteiger partial charge >= 0.3 is 0 Å². The third-order valence-electron chi connectivity index (χ3n) is 6.75. The highest BCUT2D eigenvalue weighted by Gasteiger charge is 2.43.